The summed E-state index contributed by atoms with van der Waals surface area (Å²) < 4.78 is 37.3. The van der Waals surface area contributed by atoms with E-state index in [1.54, 1.807) is 6.07 Å². The predicted molar refractivity (Wildman–Crippen MR) is 87.6 cm³/mol. The predicted octanol–water partition coefficient (Wildman–Crippen LogP) is 2.81. The molecule has 3 heterocycles. The fourth-order valence-corrected chi connectivity index (χ4v) is 3.97. The molecule has 2 amide bonds. The van der Waals surface area contributed by atoms with Crippen LogP contribution >= 0.6 is 11.3 Å². The summed E-state index contributed by atoms with van der Waals surface area (Å²) in [5.41, 5.74) is 1.83. The number of fused-ring (bicyclic) bond motifs is 1. The zero-order valence-corrected chi connectivity index (χ0v) is 14.4. The molecule has 1 saturated heterocycles. The number of thiophene rings is 1. The lowest BCUT2D eigenvalue weighted by Crippen LogP contribution is -2.43. The van der Waals surface area contributed by atoms with Crippen LogP contribution in [0.15, 0.2) is 12.1 Å². The van der Waals surface area contributed by atoms with Gasteiger partial charge in [0.25, 0.3) is 5.91 Å². The molecule has 5 nitrogen and oxygen atoms in total. The molecule has 0 aliphatic carbocycles. The van der Waals surface area contributed by atoms with Crippen LogP contribution in [0.25, 0.3) is 10.2 Å². The van der Waals surface area contributed by atoms with E-state index in [4.69, 9.17) is 0 Å². The number of aryl methyl sites for hydroxylation is 2. The largest absolute Gasteiger partial charge is 0.406 e. The van der Waals surface area contributed by atoms with Crippen molar-refractivity contribution in [3.8, 4) is 0 Å². The lowest BCUT2D eigenvalue weighted by molar-refractivity contribution is -0.157. The first kappa shape index (κ1) is 17.7. The van der Waals surface area contributed by atoms with Crippen molar-refractivity contribution in [2.45, 2.75) is 32.5 Å². The monoisotopic (exact) mass is 371 g/mol. The third kappa shape index (κ3) is 3.76. The van der Waals surface area contributed by atoms with Gasteiger partial charge < -0.3 is 10.2 Å². The van der Waals surface area contributed by atoms with Gasteiger partial charge >= 0.3 is 6.18 Å². The van der Waals surface area contributed by atoms with Crippen LogP contribution in [-0.4, -0.2) is 47.0 Å². The van der Waals surface area contributed by atoms with E-state index < -0.39 is 30.6 Å². The maximum absolute atomic E-state index is 12.4. The van der Waals surface area contributed by atoms with Gasteiger partial charge in [-0.15, -0.1) is 11.3 Å². The van der Waals surface area contributed by atoms with Gasteiger partial charge in [-0.3, -0.25) is 9.59 Å². The third-order valence-electron chi connectivity index (χ3n) is 4.04. The molecule has 1 N–H and O–H groups in total. The van der Waals surface area contributed by atoms with E-state index in [0.717, 1.165) is 26.4 Å². The molecule has 1 fully saturated rings. The second-order valence-electron chi connectivity index (χ2n) is 6.10. The Hall–Kier alpha value is -2.16. The molecule has 0 aromatic carbocycles. The smallest absolute Gasteiger partial charge is 0.339 e. The minimum atomic E-state index is -4.44. The highest BCUT2D eigenvalue weighted by atomic mass is 32.1. The number of amides is 2. The lowest BCUT2D eigenvalue weighted by Gasteiger charge is -2.18. The lowest BCUT2D eigenvalue weighted by atomic mass is 10.2. The first-order valence-electron chi connectivity index (χ1n) is 7.68. The number of alkyl halides is 3. The second-order valence-corrected chi connectivity index (χ2v) is 7.13. The normalized spacial score (nSPS) is 18.2. The number of nitrogens with zero attached hydrogens (tertiary/aromatic N) is 2. The minimum Gasteiger partial charge on any atom is -0.339 e. The summed E-state index contributed by atoms with van der Waals surface area (Å²) in [6.45, 7) is 2.47. The molecule has 3 rings (SSSR count). The van der Waals surface area contributed by atoms with Gasteiger partial charge in [0.05, 0.1) is 4.88 Å². The van der Waals surface area contributed by atoms with Crippen LogP contribution in [0.1, 0.15) is 27.3 Å². The van der Waals surface area contributed by atoms with E-state index in [1.165, 1.54) is 11.3 Å². The summed E-state index contributed by atoms with van der Waals surface area (Å²) in [5.74, 6) is -1.16. The Labute approximate surface area is 145 Å². The zero-order chi connectivity index (χ0) is 18.4. The standard InChI is InChI=1S/C16H16F3N3O2S/c1-8-5-9(2)20-14-10(8)6-12(25-14)13(23)21-11-3-4-22(15(11)24)7-16(17,18)19/h5-6,11H,3-4,7H2,1-2H3,(H,21,23). The minimum absolute atomic E-state index is 0.0183. The highest BCUT2D eigenvalue weighted by Crippen LogP contribution is 2.28. The maximum atomic E-state index is 12.4. The molecule has 9 heteroatoms. The van der Waals surface area contributed by atoms with E-state index >= 15 is 0 Å². The Morgan fingerprint density at radius 1 is 1.40 bits per heavy atom. The molecular weight excluding hydrogens is 355 g/mol. The van der Waals surface area contributed by atoms with Gasteiger partial charge in [0.15, 0.2) is 0 Å². The molecule has 0 radical (unpaired) electrons. The SMILES string of the molecule is Cc1cc(C)c2cc(C(=O)NC3CCN(CC(F)(F)F)C3=O)sc2n1. The van der Waals surface area contributed by atoms with E-state index in [-0.39, 0.29) is 13.0 Å². The van der Waals surface area contributed by atoms with Crippen molar-refractivity contribution in [3.63, 3.8) is 0 Å². The van der Waals surface area contributed by atoms with Crippen molar-refractivity contribution < 1.29 is 22.8 Å². The number of hydrogen-bond acceptors (Lipinski definition) is 4. The van der Waals surface area contributed by atoms with Crippen molar-refractivity contribution in [1.29, 1.82) is 0 Å². The summed E-state index contributed by atoms with van der Waals surface area (Å²) >= 11 is 1.20. The van der Waals surface area contributed by atoms with E-state index in [0.29, 0.717) is 4.88 Å². The zero-order valence-electron chi connectivity index (χ0n) is 13.6. The Morgan fingerprint density at radius 3 is 2.80 bits per heavy atom. The Kier molecular flexibility index (Phi) is 4.44. The van der Waals surface area contributed by atoms with Gasteiger partial charge in [0, 0.05) is 17.6 Å². The topological polar surface area (TPSA) is 62.3 Å². The van der Waals surface area contributed by atoms with Gasteiger partial charge in [-0.05, 0) is 38.0 Å². The maximum Gasteiger partial charge on any atom is 0.406 e. The fourth-order valence-electron chi connectivity index (χ4n) is 2.92. The Morgan fingerprint density at radius 2 is 2.12 bits per heavy atom. The molecule has 1 unspecified atom stereocenters. The third-order valence-corrected chi connectivity index (χ3v) is 5.07. The summed E-state index contributed by atoms with van der Waals surface area (Å²) in [6, 6.07) is 2.69. The Bertz CT molecular complexity index is 847. The van der Waals surface area contributed by atoms with E-state index in [2.05, 4.69) is 10.3 Å². The number of carbonyl (C=O) groups is 2. The molecule has 134 valence electrons. The summed E-state index contributed by atoms with van der Waals surface area (Å²) in [7, 11) is 0. The summed E-state index contributed by atoms with van der Waals surface area (Å²) in [6.07, 6.45) is -4.27. The fraction of sp³-hybridized carbons (Fsp3) is 0.438. The average molecular weight is 371 g/mol. The molecule has 25 heavy (non-hydrogen) atoms. The van der Waals surface area contributed by atoms with Crippen LogP contribution in [0.3, 0.4) is 0 Å². The van der Waals surface area contributed by atoms with E-state index in [1.807, 2.05) is 19.9 Å². The molecule has 2 aromatic rings. The quantitative estimate of drug-likeness (QED) is 0.903. The first-order valence-corrected chi connectivity index (χ1v) is 8.50. The van der Waals surface area contributed by atoms with Gasteiger partial charge in [0.2, 0.25) is 5.91 Å². The average Bonchev–Trinajstić information content (AvgIpc) is 3.04. The van der Waals surface area contributed by atoms with Gasteiger partial charge in [0.1, 0.15) is 17.4 Å². The van der Waals surface area contributed by atoms with Crippen LogP contribution in [0.5, 0.6) is 0 Å². The van der Waals surface area contributed by atoms with Crippen molar-refractivity contribution in [2.24, 2.45) is 0 Å². The van der Waals surface area contributed by atoms with E-state index in [9.17, 15) is 22.8 Å². The number of pyridine rings is 1. The number of aromatic nitrogens is 1. The van der Waals surface area contributed by atoms with Crippen molar-refractivity contribution >= 4 is 33.4 Å². The molecule has 1 aliphatic rings. The molecule has 0 spiro atoms. The van der Waals surface area contributed by atoms with Gasteiger partial charge in [-0.1, -0.05) is 0 Å². The van der Waals surface area contributed by atoms with Crippen molar-refractivity contribution in [2.75, 3.05) is 13.1 Å². The van der Waals surface area contributed by atoms with Crippen molar-refractivity contribution in [3.05, 3.63) is 28.3 Å². The number of nitrogens with one attached hydrogen (secondary N) is 1. The molecule has 1 atom stereocenters. The molecular formula is C16H16F3N3O2S. The highest BCUT2D eigenvalue weighted by molar-refractivity contribution is 7.20. The van der Waals surface area contributed by atoms with Crippen LogP contribution in [0.2, 0.25) is 0 Å². The van der Waals surface area contributed by atoms with Crippen LogP contribution in [-0.2, 0) is 4.79 Å². The highest BCUT2D eigenvalue weighted by Gasteiger charge is 2.39. The summed E-state index contributed by atoms with van der Waals surface area (Å²) in [4.78, 5) is 30.6. The molecule has 2 aromatic heterocycles. The van der Waals surface area contributed by atoms with Crippen LogP contribution in [0.4, 0.5) is 13.2 Å². The van der Waals surface area contributed by atoms with Crippen LogP contribution < -0.4 is 5.32 Å². The Balaban J connectivity index is 1.73. The number of halogens is 3. The molecule has 0 bridgehead atoms. The molecule has 1 aliphatic heterocycles. The van der Waals surface area contributed by atoms with Gasteiger partial charge in [-0.2, -0.15) is 13.2 Å². The number of likely N-dealkylation sites (tertiary alicyclic amines) is 1. The number of rotatable bonds is 3. The van der Waals surface area contributed by atoms with Crippen LogP contribution in [0, 0.1) is 13.8 Å². The molecule has 0 saturated carbocycles. The number of carbonyl (C=O) groups excluding carboxylic acids is 2. The first-order chi connectivity index (χ1) is 11.6. The second kappa shape index (κ2) is 6.29. The number of hydrogen-bond donors (Lipinski definition) is 1. The van der Waals surface area contributed by atoms with Crippen molar-refractivity contribution in [1.82, 2.24) is 15.2 Å². The van der Waals surface area contributed by atoms with Gasteiger partial charge in [-0.25, -0.2) is 4.98 Å². The summed E-state index contributed by atoms with van der Waals surface area (Å²) in [5, 5.41) is 3.40.